The van der Waals surface area contributed by atoms with Crippen LogP contribution in [0.1, 0.15) is 49.7 Å². The number of methoxy groups -OCH3 is 2. The number of hydrogen-bond donors (Lipinski definition) is 1. The summed E-state index contributed by atoms with van der Waals surface area (Å²) < 4.78 is 21.6. The number of ether oxygens (including phenoxy) is 4. The van der Waals surface area contributed by atoms with Crippen LogP contribution in [0.2, 0.25) is 0 Å². The second-order valence-corrected chi connectivity index (χ2v) is 9.17. The average molecular weight is 508 g/mol. The van der Waals surface area contributed by atoms with E-state index in [1.165, 1.54) is 0 Å². The molecule has 2 aromatic rings. The third-order valence-electron chi connectivity index (χ3n) is 6.93. The van der Waals surface area contributed by atoms with Crippen LogP contribution in [0.15, 0.2) is 58.7 Å². The summed E-state index contributed by atoms with van der Waals surface area (Å²) >= 11 is 0. The number of allylic oxidation sites excluding steroid dienone is 2. The van der Waals surface area contributed by atoms with Gasteiger partial charge < -0.3 is 24.1 Å². The van der Waals surface area contributed by atoms with Gasteiger partial charge in [0.1, 0.15) is 18.3 Å². The smallest absolute Gasteiger partial charge is 0.315 e. The number of rotatable bonds is 9. The van der Waals surface area contributed by atoms with Gasteiger partial charge in [-0.3, -0.25) is 14.6 Å². The van der Waals surface area contributed by atoms with Gasteiger partial charge in [-0.2, -0.15) is 0 Å². The monoisotopic (exact) mass is 507 g/mol. The van der Waals surface area contributed by atoms with Crippen LogP contribution in [0.5, 0.6) is 17.2 Å². The first-order valence-electron chi connectivity index (χ1n) is 12.4. The molecule has 3 atom stereocenters. The lowest BCUT2D eigenvalue weighted by atomic mass is 9.69. The number of hydrogen-bond acceptors (Lipinski definition) is 8. The molecule has 0 fully saturated rings. The molecule has 0 saturated heterocycles. The second-order valence-electron chi connectivity index (χ2n) is 9.17. The molecule has 0 bridgehead atoms. The van der Waals surface area contributed by atoms with Crippen molar-refractivity contribution < 1.29 is 33.6 Å². The fraction of sp³-hybridized carbons (Fsp3) is 0.414. The highest BCUT2D eigenvalue weighted by Gasteiger charge is 2.45. The van der Waals surface area contributed by atoms with Gasteiger partial charge in [0, 0.05) is 35.9 Å². The van der Waals surface area contributed by atoms with E-state index in [1.807, 2.05) is 31.2 Å². The molecule has 1 aliphatic carbocycles. The highest BCUT2D eigenvalue weighted by atomic mass is 16.6. The molecule has 1 unspecified atom stereocenters. The maximum absolute atomic E-state index is 13.7. The zero-order valence-corrected chi connectivity index (χ0v) is 21.7. The van der Waals surface area contributed by atoms with Crippen LogP contribution < -0.4 is 9.47 Å². The predicted molar refractivity (Wildman–Crippen MR) is 138 cm³/mol. The van der Waals surface area contributed by atoms with Gasteiger partial charge >= 0.3 is 5.97 Å². The van der Waals surface area contributed by atoms with Crippen LogP contribution in [-0.2, 0) is 19.1 Å². The van der Waals surface area contributed by atoms with E-state index in [-0.39, 0.29) is 30.5 Å². The SMILES string of the molecule is CCOCCOC(=O)C1C(C)=NC2=C(C(=O)C[C@@H](c3ccc(OC)c(OC)c3)C2)[C@@H]1c1cccc(O)c1. The molecule has 0 aromatic heterocycles. The Hall–Kier alpha value is -3.65. The molecule has 37 heavy (non-hydrogen) atoms. The van der Waals surface area contributed by atoms with Crippen molar-refractivity contribution in [2.24, 2.45) is 10.9 Å². The number of ketones is 1. The van der Waals surface area contributed by atoms with Crippen molar-refractivity contribution in [3.8, 4) is 17.2 Å². The van der Waals surface area contributed by atoms with Crippen molar-refractivity contribution in [1.29, 1.82) is 0 Å². The first-order chi connectivity index (χ1) is 17.9. The van der Waals surface area contributed by atoms with Gasteiger partial charge in [0.25, 0.3) is 0 Å². The van der Waals surface area contributed by atoms with Crippen LogP contribution in [0, 0.1) is 5.92 Å². The zero-order chi connectivity index (χ0) is 26.5. The first-order valence-corrected chi connectivity index (χ1v) is 12.4. The quantitative estimate of drug-likeness (QED) is 0.392. The van der Waals surface area contributed by atoms with E-state index >= 15 is 0 Å². The molecule has 0 radical (unpaired) electrons. The van der Waals surface area contributed by atoms with Gasteiger partial charge in [0.15, 0.2) is 17.3 Å². The number of esters is 1. The Balaban J connectivity index is 1.71. The minimum Gasteiger partial charge on any atom is -0.508 e. The standard InChI is InChI=1S/C29H33NO7/c1-5-36-11-12-37-29(33)26-17(2)30-22-14-20(18-9-10-24(34-3)25(16-18)35-4)15-23(32)28(22)27(26)19-7-6-8-21(31)13-19/h6-10,13,16,20,26-27,31H,5,11-12,14-15H2,1-4H3/t20-,26?,27+/m0/s1. The summed E-state index contributed by atoms with van der Waals surface area (Å²) in [6, 6.07) is 12.4. The van der Waals surface area contributed by atoms with Gasteiger partial charge in [-0.15, -0.1) is 0 Å². The van der Waals surface area contributed by atoms with Crippen LogP contribution in [0.4, 0.5) is 0 Å². The van der Waals surface area contributed by atoms with Crippen LogP contribution in [0.3, 0.4) is 0 Å². The summed E-state index contributed by atoms with van der Waals surface area (Å²) in [4.78, 5) is 31.7. The third kappa shape index (κ3) is 5.54. The third-order valence-corrected chi connectivity index (χ3v) is 6.93. The molecular weight excluding hydrogens is 474 g/mol. The molecule has 0 amide bonds. The molecule has 0 saturated carbocycles. The number of carbonyl (C=O) groups is 2. The number of aromatic hydroxyl groups is 1. The van der Waals surface area contributed by atoms with Crippen LogP contribution in [0.25, 0.3) is 0 Å². The van der Waals surface area contributed by atoms with E-state index < -0.39 is 17.8 Å². The summed E-state index contributed by atoms with van der Waals surface area (Å²) in [5.74, 6) is -0.718. The number of benzene rings is 2. The Morgan fingerprint density at radius 2 is 1.81 bits per heavy atom. The van der Waals surface area contributed by atoms with Crippen molar-refractivity contribution in [2.45, 2.75) is 38.5 Å². The molecule has 8 nitrogen and oxygen atoms in total. The Morgan fingerprint density at radius 3 is 2.51 bits per heavy atom. The van der Waals surface area contributed by atoms with Gasteiger partial charge in [-0.1, -0.05) is 18.2 Å². The van der Waals surface area contributed by atoms with Crippen LogP contribution >= 0.6 is 0 Å². The average Bonchev–Trinajstić information content (AvgIpc) is 2.89. The number of Topliss-reactive ketones (excluding diaryl/α,β-unsaturated/α-hetero) is 1. The Morgan fingerprint density at radius 1 is 1.03 bits per heavy atom. The van der Waals surface area contributed by atoms with E-state index in [1.54, 1.807) is 39.3 Å². The van der Waals surface area contributed by atoms with E-state index in [0.717, 1.165) is 5.56 Å². The normalized spacial score (nSPS) is 21.2. The lowest BCUT2D eigenvalue weighted by Gasteiger charge is -2.36. The van der Waals surface area contributed by atoms with Crippen molar-refractivity contribution in [1.82, 2.24) is 0 Å². The van der Waals surface area contributed by atoms with Gasteiger partial charge in [-0.05, 0) is 61.6 Å². The largest absolute Gasteiger partial charge is 0.508 e. The topological polar surface area (TPSA) is 104 Å². The minimum absolute atomic E-state index is 0.0646. The molecule has 1 N–H and O–H groups in total. The van der Waals surface area contributed by atoms with E-state index in [0.29, 0.717) is 53.7 Å². The fourth-order valence-electron chi connectivity index (χ4n) is 5.22. The van der Waals surface area contributed by atoms with Gasteiger partial charge in [0.05, 0.1) is 20.8 Å². The molecule has 0 spiro atoms. The molecule has 8 heteroatoms. The summed E-state index contributed by atoms with van der Waals surface area (Å²) in [6.07, 6.45) is 0.805. The Kier molecular flexibility index (Phi) is 8.28. The fourth-order valence-corrected chi connectivity index (χ4v) is 5.22. The molecule has 1 heterocycles. The maximum Gasteiger partial charge on any atom is 0.315 e. The number of phenols is 1. The predicted octanol–water partition coefficient (Wildman–Crippen LogP) is 4.56. The van der Waals surface area contributed by atoms with E-state index in [9.17, 15) is 14.7 Å². The molecular formula is C29H33NO7. The number of nitrogens with zero attached hydrogens (tertiary/aromatic N) is 1. The second kappa shape index (κ2) is 11.6. The maximum atomic E-state index is 13.7. The lowest BCUT2D eigenvalue weighted by Crippen LogP contribution is -2.38. The highest BCUT2D eigenvalue weighted by molar-refractivity contribution is 6.09. The molecule has 196 valence electrons. The number of aliphatic imine (C=N–C) groups is 1. The number of carbonyl (C=O) groups excluding carboxylic acids is 2. The molecule has 4 rings (SSSR count). The van der Waals surface area contributed by atoms with Gasteiger partial charge in [-0.25, -0.2) is 0 Å². The first kappa shape index (κ1) is 26.4. The molecule has 1 aliphatic heterocycles. The van der Waals surface area contributed by atoms with E-state index in [2.05, 4.69) is 0 Å². The van der Waals surface area contributed by atoms with Crippen molar-refractivity contribution in [3.63, 3.8) is 0 Å². The zero-order valence-electron chi connectivity index (χ0n) is 21.7. The van der Waals surface area contributed by atoms with Gasteiger partial charge in [0.2, 0.25) is 0 Å². The lowest BCUT2D eigenvalue weighted by molar-refractivity contribution is -0.148. The number of phenolic OH excluding ortho intramolecular Hbond substituents is 1. The minimum atomic E-state index is -0.774. The Labute approximate surface area is 216 Å². The summed E-state index contributed by atoms with van der Waals surface area (Å²) in [7, 11) is 3.16. The van der Waals surface area contributed by atoms with Crippen LogP contribution in [-0.4, -0.2) is 56.6 Å². The highest BCUT2D eigenvalue weighted by Crippen LogP contribution is 2.47. The van der Waals surface area contributed by atoms with Crippen molar-refractivity contribution >= 4 is 17.5 Å². The van der Waals surface area contributed by atoms with Crippen molar-refractivity contribution in [2.75, 3.05) is 34.0 Å². The summed E-state index contributed by atoms with van der Waals surface area (Å²) in [6.45, 7) is 4.60. The van der Waals surface area contributed by atoms with Crippen molar-refractivity contribution in [3.05, 3.63) is 64.9 Å². The Bertz CT molecular complexity index is 1230. The summed E-state index contributed by atoms with van der Waals surface area (Å²) in [5, 5.41) is 10.2. The summed E-state index contributed by atoms with van der Waals surface area (Å²) in [5.41, 5.74) is 3.39. The molecule has 2 aliphatic rings. The molecule has 2 aromatic carbocycles. The van der Waals surface area contributed by atoms with E-state index in [4.69, 9.17) is 23.9 Å².